The number of amides is 1. The van der Waals surface area contributed by atoms with Crippen LogP contribution in [0.3, 0.4) is 0 Å². The smallest absolute Gasteiger partial charge is 0.233 e. The summed E-state index contributed by atoms with van der Waals surface area (Å²) in [6, 6.07) is 0. The predicted octanol–water partition coefficient (Wildman–Crippen LogP) is 3.83. The van der Waals surface area contributed by atoms with E-state index in [4.69, 9.17) is 0 Å². The fourth-order valence-electron chi connectivity index (χ4n) is 5.16. The van der Waals surface area contributed by atoms with Gasteiger partial charge in [-0.2, -0.15) is 0 Å². The van der Waals surface area contributed by atoms with Gasteiger partial charge in [-0.15, -0.1) is 10.2 Å². The summed E-state index contributed by atoms with van der Waals surface area (Å²) < 4.78 is 1.85. The second-order valence-corrected chi connectivity index (χ2v) is 11.1. The van der Waals surface area contributed by atoms with Crippen LogP contribution >= 0.6 is 34.9 Å². The van der Waals surface area contributed by atoms with Crippen molar-refractivity contribution < 1.29 is 4.79 Å². The molecule has 1 N–H and O–H groups in total. The van der Waals surface area contributed by atoms with Crippen LogP contribution in [0.25, 0.3) is 0 Å². The van der Waals surface area contributed by atoms with Gasteiger partial charge in [-0.1, -0.05) is 34.9 Å². The average molecular weight is 370 g/mol. The number of thioether (sulfide) groups is 2. The van der Waals surface area contributed by atoms with Gasteiger partial charge in [0.15, 0.2) is 8.68 Å². The van der Waals surface area contributed by atoms with Gasteiger partial charge < -0.3 is 5.32 Å². The first-order valence-electron chi connectivity index (χ1n) is 8.41. The molecular weight excluding hydrogens is 346 g/mol. The summed E-state index contributed by atoms with van der Waals surface area (Å²) in [5.41, 5.74) is 0.103. The van der Waals surface area contributed by atoms with Crippen molar-refractivity contribution in [1.82, 2.24) is 15.5 Å². The largest absolute Gasteiger partial charge is 0.350 e. The summed E-state index contributed by atoms with van der Waals surface area (Å²) in [7, 11) is 0. The molecule has 1 amide bonds. The Hall–Kier alpha value is -0.270. The number of carbonyl (C=O) groups is 1. The highest BCUT2D eigenvalue weighted by atomic mass is 32.2. The normalized spacial score (nSPS) is 36.2. The molecule has 5 rings (SSSR count). The first-order chi connectivity index (χ1) is 11.0. The highest BCUT2D eigenvalue weighted by Gasteiger charge is 2.51. The minimum atomic E-state index is -0.106. The molecule has 0 aromatic carbocycles. The van der Waals surface area contributed by atoms with Crippen molar-refractivity contribution in [2.75, 3.05) is 6.26 Å². The Balaban J connectivity index is 1.39. The monoisotopic (exact) mass is 369 g/mol. The van der Waals surface area contributed by atoms with Crippen LogP contribution in [0.1, 0.15) is 45.4 Å². The molecule has 4 saturated carbocycles. The van der Waals surface area contributed by atoms with Crippen LogP contribution in [0, 0.1) is 17.8 Å². The van der Waals surface area contributed by atoms with Crippen LogP contribution in [0.4, 0.5) is 0 Å². The zero-order valence-electron chi connectivity index (χ0n) is 13.6. The van der Waals surface area contributed by atoms with Crippen LogP contribution in [0.15, 0.2) is 8.68 Å². The van der Waals surface area contributed by atoms with Gasteiger partial charge in [0.05, 0.1) is 5.25 Å². The van der Waals surface area contributed by atoms with E-state index < -0.39 is 0 Å². The molecule has 23 heavy (non-hydrogen) atoms. The molecule has 1 atom stereocenters. The number of hydrogen-bond donors (Lipinski definition) is 1. The predicted molar refractivity (Wildman–Crippen MR) is 96.1 cm³/mol. The Morgan fingerprint density at radius 3 is 2.26 bits per heavy atom. The highest BCUT2D eigenvalue weighted by molar-refractivity contribution is 8.03. The van der Waals surface area contributed by atoms with Crippen LogP contribution in [-0.2, 0) is 4.79 Å². The fourth-order valence-corrected chi connectivity index (χ4v) is 7.74. The maximum absolute atomic E-state index is 12.7. The van der Waals surface area contributed by atoms with E-state index in [-0.39, 0.29) is 16.7 Å². The molecule has 126 valence electrons. The minimum Gasteiger partial charge on any atom is -0.350 e. The van der Waals surface area contributed by atoms with Crippen LogP contribution in [0.5, 0.6) is 0 Å². The quantitative estimate of drug-likeness (QED) is 0.800. The summed E-state index contributed by atoms with van der Waals surface area (Å²) in [6.45, 7) is 1.99. The van der Waals surface area contributed by atoms with Crippen molar-refractivity contribution in [3.8, 4) is 0 Å². The number of aromatic nitrogens is 2. The number of hydrogen-bond acceptors (Lipinski definition) is 6. The number of rotatable bonds is 5. The molecule has 4 nitrogen and oxygen atoms in total. The van der Waals surface area contributed by atoms with Crippen molar-refractivity contribution in [2.45, 2.75) is 64.9 Å². The van der Waals surface area contributed by atoms with Crippen LogP contribution < -0.4 is 5.32 Å². The Morgan fingerprint density at radius 2 is 1.74 bits per heavy atom. The standard InChI is InChI=1S/C16H23N3OS3/c1-9(22-15-19-18-14(21-2)23-15)13(20)17-16-6-10-3-11(7-16)5-12(4-10)8-16/h9-12H,3-8H2,1-2H3,(H,17,20)/t9-,10?,11?,12?,16?/m0/s1. The topological polar surface area (TPSA) is 54.9 Å². The summed E-state index contributed by atoms with van der Waals surface area (Å²) in [5.74, 6) is 2.75. The van der Waals surface area contributed by atoms with E-state index in [9.17, 15) is 4.79 Å². The van der Waals surface area contributed by atoms with Gasteiger partial charge in [-0.05, 0) is 69.5 Å². The van der Waals surface area contributed by atoms with Gasteiger partial charge in [-0.25, -0.2) is 0 Å². The maximum Gasteiger partial charge on any atom is 0.233 e. The molecule has 0 unspecified atom stereocenters. The first kappa shape index (κ1) is 16.2. The van der Waals surface area contributed by atoms with E-state index in [0.29, 0.717) is 0 Å². The van der Waals surface area contributed by atoms with Gasteiger partial charge in [0.1, 0.15) is 0 Å². The molecule has 7 heteroatoms. The molecule has 0 saturated heterocycles. The Labute approximate surface area is 150 Å². The number of carbonyl (C=O) groups excluding carboxylic acids is 1. The molecule has 0 spiro atoms. The second kappa shape index (κ2) is 6.23. The Morgan fingerprint density at radius 1 is 1.17 bits per heavy atom. The zero-order chi connectivity index (χ0) is 16.0. The van der Waals surface area contributed by atoms with Crippen LogP contribution in [-0.4, -0.2) is 33.1 Å². The Kier molecular flexibility index (Phi) is 4.39. The van der Waals surface area contributed by atoms with E-state index in [0.717, 1.165) is 26.4 Å². The van der Waals surface area contributed by atoms with E-state index in [1.807, 2.05) is 13.2 Å². The average Bonchev–Trinajstić information content (AvgIpc) is 2.92. The van der Waals surface area contributed by atoms with E-state index in [2.05, 4.69) is 15.5 Å². The van der Waals surface area contributed by atoms with Gasteiger partial charge in [0.2, 0.25) is 5.91 Å². The van der Waals surface area contributed by atoms with Gasteiger partial charge in [0.25, 0.3) is 0 Å². The molecule has 4 aliphatic rings. The van der Waals surface area contributed by atoms with Crippen molar-refractivity contribution in [2.24, 2.45) is 17.8 Å². The van der Waals surface area contributed by atoms with Crippen LogP contribution in [0.2, 0.25) is 0 Å². The summed E-state index contributed by atoms with van der Waals surface area (Å²) in [5, 5.41) is 11.6. The van der Waals surface area contributed by atoms with E-state index >= 15 is 0 Å². The molecule has 0 aliphatic heterocycles. The first-order valence-corrected chi connectivity index (χ1v) is 11.3. The molecule has 4 bridgehead atoms. The molecule has 1 aromatic heterocycles. The SMILES string of the molecule is CSc1nnc(S[C@@H](C)C(=O)NC23CC4CC(CC(C4)C2)C3)s1. The molecule has 4 aliphatic carbocycles. The van der Waals surface area contributed by atoms with Gasteiger partial charge in [-0.3, -0.25) is 4.79 Å². The van der Waals surface area contributed by atoms with E-state index in [1.54, 1.807) is 23.1 Å². The lowest BCUT2D eigenvalue weighted by molar-refractivity contribution is -0.126. The molecule has 1 aromatic rings. The third-order valence-corrected chi connectivity index (χ3v) is 8.72. The van der Waals surface area contributed by atoms with E-state index in [1.165, 1.54) is 50.3 Å². The highest BCUT2D eigenvalue weighted by Crippen LogP contribution is 2.55. The lowest BCUT2D eigenvalue weighted by Crippen LogP contribution is -2.60. The number of nitrogens with one attached hydrogen (secondary N) is 1. The summed E-state index contributed by atoms with van der Waals surface area (Å²) in [6.07, 6.45) is 9.83. The third kappa shape index (κ3) is 3.29. The molecule has 0 radical (unpaired) electrons. The van der Waals surface area contributed by atoms with Crippen molar-refractivity contribution >= 4 is 40.8 Å². The Bertz CT molecular complexity index is 568. The maximum atomic E-state index is 12.7. The second-order valence-electron chi connectivity index (χ2n) is 7.49. The van der Waals surface area contributed by atoms with Crippen molar-refractivity contribution in [3.05, 3.63) is 0 Å². The van der Waals surface area contributed by atoms with Gasteiger partial charge >= 0.3 is 0 Å². The minimum absolute atomic E-state index is 0.103. The van der Waals surface area contributed by atoms with Crippen molar-refractivity contribution in [1.29, 1.82) is 0 Å². The lowest BCUT2D eigenvalue weighted by atomic mass is 9.53. The van der Waals surface area contributed by atoms with Crippen molar-refractivity contribution in [3.63, 3.8) is 0 Å². The zero-order valence-corrected chi connectivity index (χ0v) is 16.0. The third-order valence-electron chi connectivity index (χ3n) is 5.64. The van der Waals surface area contributed by atoms with Gasteiger partial charge in [0, 0.05) is 5.54 Å². The summed E-state index contributed by atoms with van der Waals surface area (Å²) >= 11 is 4.71. The fraction of sp³-hybridized carbons (Fsp3) is 0.812. The molecular formula is C16H23N3OS3. The number of nitrogens with zero attached hydrogens (tertiary/aromatic N) is 2. The molecule has 4 fully saturated rings. The summed E-state index contributed by atoms with van der Waals surface area (Å²) in [4.78, 5) is 12.7. The molecule has 1 heterocycles. The lowest BCUT2D eigenvalue weighted by Gasteiger charge is -2.57.